The van der Waals surface area contributed by atoms with E-state index < -0.39 is 0 Å². The maximum Gasteiger partial charge on any atom is 0.227 e. The first kappa shape index (κ1) is 18.3. The highest BCUT2D eigenvalue weighted by Crippen LogP contribution is 2.25. The van der Waals surface area contributed by atoms with Gasteiger partial charge in [0.2, 0.25) is 5.91 Å². The monoisotopic (exact) mass is 376 g/mol. The zero-order valence-electron chi connectivity index (χ0n) is 12.2. The van der Waals surface area contributed by atoms with Crippen LogP contribution >= 0.6 is 28.3 Å². The third kappa shape index (κ3) is 4.59. The van der Waals surface area contributed by atoms with Crippen LogP contribution in [0.5, 0.6) is 5.75 Å². The summed E-state index contributed by atoms with van der Waals surface area (Å²) in [6.45, 7) is 1.36. The molecule has 1 amide bonds. The van der Waals surface area contributed by atoms with E-state index >= 15 is 0 Å². The molecule has 0 saturated carbocycles. The number of nitrogens with two attached hydrogens (primary N) is 1. The molecule has 0 radical (unpaired) electrons. The fourth-order valence-corrected chi connectivity index (χ4v) is 3.13. The predicted molar refractivity (Wildman–Crippen MR) is 90.1 cm³/mol. The first-order chi connectivity index (χ1) is 9.65. The first-order valence-corrected chi connectivity index (χ1v) is 7.77. The lowest BCUT2D eigenvalue weighted by molar-refractivity contribution is -0.133. The van der Waals surface area contributed by atoms with Crippen molar-refractivity contribution in [1.29, 1.82) is 0 Å². The van der Waals surface area contributed by atoms with Crippen LogP contribution in [-0.2, 0) is 11.2 Å². The quantitative estimate of drug-likeness (QED) is 0.878. The number of rotatable bonds is 4. The average Bonchev–Trinajstić information content (AvgIpc) is 2.47. The third-order valence-electron chi connectivity index (χ3n) is 3.80. The molecule has 21 heavy (non-hydrogen) atoms. The topological polar surface area (TPSA) is 55.6 Å². The maximum atomic E-state index is 12.5. The van der Waals surface area contributed by atoms with E-state index in [-0.39, 0.29) is 24.4 Å². The molecule has 1 aliphatic heterocycles. The number of piperidine rings is 1. The average molecular weight is 378 g/mol. The van der Waals surface area contributed by atoms with Gasteiger partial charge in [-0.05, 0) is 37.5 Å². The molecule has 1 fully saturated rings. The largest absolute Gasteiger partial charge is 0.496 e. The molecule has 1 heterocycles. The van der Waals surface area contributed by atoms with Crippen molar-refractivity contribution >= 4 is 34.2 Å². The molecule has 0 aliphatic carbocycles. The van der Waals surface area contributed by atoms with Gasteiger partial charge in [0.25, 0.3) is 0 Å². The van der Waals surface area contributed by atoms with Gasteiger partial charge in [-0.2, -0.15) is 0 Å². The number of likely N-dealkylation sites (tertiary alicyclic amines) is 1. The summed E-state index contributed by atoms with van der Waals surface area (Å²) in [6.07, 6.45) is 3.60. The molecule has 0 bridgehead atoms. The van der Waals surface area contributed by atoms with Crippen LogP contribution in [0.3, 0.4) is 0 Å². The van der Waals surface area contributed by atoms with E-state index in [0.29, 0.717) is 13.0 Å². The van der Waals surface area contributed by atoms with Gasteiger partial charge < -0.3 is 15.4 Å². The highest BCUT2D eigenvalue weighted by molar-refractivity contribution is 9.10. The summed E-state index contributed by atoms with van der Waals surface area (Å²) >= 11 is 3.44. The summed E-state index contributed by atoms with van der Waals surface area (Å²) in [7, 11) is 1.63. The molecule has 1 aromatic rings. The molecule has 1 saturated heterocycles. The zero-order valence-corrected chi connectivity index (χ0v) is 14.6. The number of hydrogen-bond acceptors (Lipinski definition) is 3. The molecule has 4 nitrogen and oxygen atoms in total. The van der Waals surface area contributed by atoms with Gasteiger partial charge in [0.1, 0.15) is 5.75 Å². The Kier molecular flexibility index (Phi) is 7.49. The van der Waals surface area contributed by atoms with E-state index in [1.807, 2.05) is 23.1 Å². The van der Waals surface area contributed by atoms with Crippen molar-refractivity contribution < 1.29 is 9.53 Å². The second kappa shape index (κ2) is 8.61. The van der Waals surface area contributed by atoms with Gasteiger partial charge in [-0.3, -0.25) is 4.79 Å². The Balaban J connectivity index is 0.00000220. The van der Waals surface area contributed by atoms with Crippen LogP contribution < -0.4 is 10.5 Å². The summed E-state index contributed by atoms with van der Waals surface area (Å²) in [5.41, 5.74) is 6.69. The lowest BCUT2D eigenvalue weighted by atomic mass is 10.0. The van der Waals surface area contributed by atoms with E-state index in [9.17, 15) is 4.79 Å². The summed E-state index contributed by atoms with van der Waals surface area (Å²) in [5, 5.41) is 0. The van der Waals surface area contributed by atoms with Gasteiger partial charge in [0.05, 0.1) is 13.5 Å². The number of halogens is 2. The Labute approximate surface area is 140 Å². The molecular formula is C15H22BrClN2O2. The molecule has 1 aromatic carbocycles. The van der Waals surface area contributed by atoms with Crippen molar-refractivity contribution in [2.24, 2.45) is 5.73 Å². The molecule has 6 heteroatoms. The van der Waals surface area contributed by atoms with E-state index in [2.05, 4.69) is 15.9 Å². The Morgan fingerprint density at radius 3 is 2.90 bits per heavy atom. The first-order valence-electron chi connectivity index (χ1n) is 6.97. The summed E-state index contributed by atoms with van der Waals surface area (Å²) in [6, 6.07) is 5.92. The summed E-state index contributed by atoms with van der Waals surface area (Å²) < 4.78 is 6.28. The van der Waals surface area contributed by atoms with Crippen LogP contribution in [0, 0.1) is 0 Å². The molecular weight excluding hydrogens is 356 g/mol. The van der Waals surface area contributed by atoms with Crippen LogP contribution in [0.25, 0.3) is 0 Å². The van der Waals surface area contributed by atoms with E-state index in [1.165, 1.54) is 0 Å². The Hall–Kier alpha value is -0.780. The van der Waals surface area contributed by atoms with E-state index in [1.54, 1.807) is 7.11 Å². The van der Waals surface area contributed by atoms with Gasteiger partial charge in [0, 0.05) is 29.2 Å². The number of amides is 1. The molecule has 118 valence electrons. The molecule has 0 spiro atoms. The minimum atomic E-state index is 0. The van der Waals surface area contributed by atoms with Crippen molar-refractivity contribution in [3.05, 3.63) is 28.2 Å². The number of hydrogen-bond donors (Lipinski definition) is 1. The van der Waals surface area contributed by atoms with Crippen molar-refractivity contribution in [1.82, 2.24) is 4.90 Å². The number of carbonyl (C=O) groups excluding carboxylic acids is 1. The van der Waals surface area contributed by atoms with Crippen molar-refractivity contribution in [2.75, 3.05) is 20.2 Å². The van der Waals surface area contributed by atoms with Crippen LogP contribution in [0.2, 0.25) is 0 Å². The third-order valence-corrected chi connectivity index (χ3v) is 4.30. The number of ether oxygens (including phenoxy) is 1. The Bertz CT molecular complexity index is 485. The van der Waals surface area contributed by atoms with Crippen LogP contribution in [-0.4, -0.2) is 37.0 Å². The lowest BCUT2D eigenvalue weighted by Gasteiger charge is -2.35. The Morgan fingerprint density at radius 2 is 2.24 bits per heavy atom. The van der Waals surface area contributed by atoms with Crippen LogP contribution in [0.1, 0.15) is 24.8 Å². The van der Waals surface area contributed by atoms with E-state index in [4.69, 9.17) is 10.5 Å². The van der Waals surface area contributed by atoms with Gasteiger partial charge in [-0.25, -0.2) is 0 Å². The molecule has 2 rings (SSSR count). The van der Waals surface area contributed by atoms with Gasteiger partial charge in [-0.15, -0.1) is 12.4 Å². The van der Waals surface area contributed by atoms with Crippen molar-refractivity contribution in [3.8, 4) is 5.75 Å². The summed E-state index contributed by atoms with van der Waals surface area (Å²) in [5.74, 6) is 0.888. The number of nitrogens with zero attached hydrogens (tertiary/aromatic N) is 1. The predicted octanol–water partition coefficient (Wildman–Crippen LogP) is 2.76. The van der Waals surface area contributed by atoms with Gasteiger partial charge in [-0.1, -0.05) is 15.9 Å². The van der Waals surface area contributed by atoms with Crippen LogP contribution in [0.4, 0.5) is 0 Å². The van der Waals surface area contributed by atoms with E-state index in [0.717, 1.165) is 41.6 Å². The second-order valence-corrected chi connectivity index (χ2v) is 6.02. The maximum absolute atomic E-state index is 12.5. The molecule has 1 atom stereocenters. The van der Waals surface area contributed by atoms with Gasteiger partial charge in [0.15, 0.2) is 0 Å². The Morgan fingerprint density at radius 1 is 1.48 bits per heavy atom. The van der Waals surface area contributed by atoms with Gasteiger partial charge >= 0.3 is 0 Å². The number of benzene rings is 1. The minimum absolute atomic E-state index is 0. The molecule has 0 aromatic heterocycles. The minimum Gasteiger partial charge on any atom is -0.496 e. The van der Waals surface area contributed by atoms with Crippen molar-refractivity contribution in [3.63, 3.8) is 0 Å². The number of methoxy groups -OCH3 is 1. The molecule has 1 aliphatic rings. The van der Waals surface area contributed by atoms with Crippen molar-refractivity contribution in [2.45, 2.75) is 31.7 Å². The summed E-state index contributed by atoms with van der Waals surface area (Å²) in [4.78, 5) is 14.5. The van der Waals surface area contributed by atoms with Crippen LogP contribution in [0.15, 0.2) is 22.7 Å². The lowest BCUT2D eigenvalue weighted by Crippen LogP contribution is -2.48. The fourth-order valence-electron chi connectivity index (χ4n) is 2.72. The number of carbonyl (C=O) groups is 1. The fraction of sp³-hybridized carbons (Fsp3) is 0.533. The zero-order chi connectivity index (χ0) is 14.5. The molecule has 1 unspecified atom stereocenters. The smallest absolute Gasteiger partial charge is 0.227 e. The molecule has 2 N–H and O–H groups in total. The highest BCUT2D eigenvalue weighted by atomic mass is 79.9. The highest BCUT2D eigenvalue weighted by Gasteiger charge is 2.26. The normalized spacial score (nSPS) is 18.0. The second-order valence-electron chi connectivity index (χ2n) is 5.11. The standard InChI is InChI=1S/C15H21BrN2O2.ClH/c1-20-14-6-5-12(16)8-11(14)9-15(19)18-7-3-2-4-13(18)10-17;/h5-6,8,13H,2-4,7,9-10,17H2,1H3;1H. The SMILES string of the molecule is COc1ccc(Br)cc1CC(=O)N1CCCCC1CN.Cl.